The highest BCUT2D eigenvalue weighted by atomic mass is 35.5. The molecule has 0 radical (unpaired) electrons. The van der Waals surface area contributed by atoms with E-state index >= 15 is 0 Å². The number of rotatable bonds is 10. The Morgan fingerprint density at radius 2 is 1.74 bits per heavy atom. The highest BCUT2D eigenvalue weighted by Crippen LogP contribution is 2.32. The molecular formula is C25H24Cl2N4O3S. The molecule has 182 valence electrons. The van der Waals surface area contributed by atoms with E-state index in [0.717, 1.165) is 16.7 Å². The molecule has 0 saturated heterocycles. The Bertz CT molecular complexity index is 1350. The summed E-state index contributed by atoms with van der Waals surface area (Å²) in [5, 5.41) is 8.32. The van der Waals surface area contributed by atoms with E-state index in [1.54, 1.807) is 30.0 Å². The fraction of sp³-hybridized carbons (Fsp3) is 0.200. The molecule has 1 heterocycles. The highest BCUT2D eigenvalue weighted by Gasteiger charge is 2.14. The molecule has 35 heavy (non-hydrogen) atoms. The number of nitrogens with zero attached hydrogens (tertiary/aromatic N) is 2. The van der Waals surface area contributed by atoms with Crippen LogP contribution in [0.15, 0.2) is 60.7 Å². The molecule has 0 spiro atoms. The van der Waals surface area contributed by atoms with Gasteiger partial charge >= 0.3 is 0 Å². The van der Waals surface area contributed by atoms with Crippen molar-refractivity contribution < 1.29 is 14.2 Å². The maximum Gasteiger partial charge on any atom is 0.214 e. The summed E-state index contributed by atoms with van der Waals surface area (Å²) >= 11 is 18.0. The minimum atomic E-state index is 0.225. The lowest BCUT2D eigenvalue weighted by atomic mass is 10.2. The number of methoxy groups -OCH3 is 1. The molecule has 0 aliphatic rings. The molecule has 0 bridgehead atoms. The molecule has 0 aliphatic carbocycles. The van der Waals surface area contributed by atoms with E-state index in [1.165, 1.54) is 0 Å². The zero-order valence-corrected chi connectivity index (χ0v) is 21.5. The van der Waals surface area contributed by atoms with Gasteiger partial charge in [-0.05, 0) is 61.1 Å². The van der Waals surface area contributed by atoms with Crippen molar-refractivity contribution in [3.63, 3.8) is 0 Å². The Hall–Kier alpha value is -3.20. The minimum Gasteiger partial charge on any atom is -0.496 e. The van der Waals surface area contributed by atoms with E-state index in [1.807, 2.05) is 49.4 Å². The number of nitrogens with one attached hydrogen (secondary N) is 2. The predicted octanol–water partition coefficient (Wildman–Crippen LogP) is 6.64. The Morgan fingerprint density at radius 1 is 0.971 bits per heavy atom. The summed E-state index contributed by atoms with van der Waals surface area (Å²) in [7, 11) is 1.62. The van der Waals surface area contributed by atoms with Crippen molar-refractivity contribution in [1.29, 1.82) is 0 Å². The Morgan fingerprint density at radius 3 is 2.49 bits per heavy atom. The second-order valence-electron chi connectivity index (χ2n) is 7.43. The number of halogens is 2. The first-order valence-corrected chi connectivity index (χ1v) is 12.0. The van der Waals surface area contributed by atoms with Gasteiger partial charge in [0.2, 0.25) is 4.77 Å². The number of ether oxygens (including phenoxy) is 3. The quantitative estimate of drug-likeness (QED) is 0.224. The molecule has 7 nitrogen and oxygen atoms in total. The van der Waals surface area contributed by atoms with Gasteiger partial charge in [-0.2, -0.15) is 5.10 Å². The molecular weight excluding hydrogens is 507 g/mol. The molecule has 0 unspecified atom stereocenters. The van der Waals surface area contributed by atoms with E-state index < -0.39 is 0 Å². The fourth-order valence-electron chi connectivity index (χ4n) is 3.49. The molecule has 3 aromatic carbocycles. The van der Waals surface area contributed by atoms with Crippen LogP contribution in [0.1, 0.15) is 18.1 Å². The molecule has 1 aromatic heterocycles. The first-order valence-electron chi connectivity index (χ1n) is 10.9. The third-order valence-corrected chi connectivity index (χ3v) is 6.19. The molecule has 2 N–H and O–H groups in total. The lowest BCUT2D eigenvalue weighted by Gasteiger charge is -2.16. The van der Waals surface area contributed by atoms with E-state index in [9.17, 15) is 0 Å². The third kappa shape index (κ3) is 5.73. The van der Waals surface area contributed by atoms with Crippen LogP contribution in [-0.2, 0) is 13.2 Å². The summed E-state index contributed by atoms with van der Waals surface area (Å²) in [6.45, 7) is 3.10. The van der Waals surface area contributed by atoms with Gasteiger partial charge in [0, 0.05) is 15.6 Å². The molecule has 0 aliphatic heterocycles. The van der Waals surface area contributed by atoms with Gasteiger partial charge < -0.3 is 19.6 Å². The topological polar surface area (TPSA) is 73.3 Å². The van der Waals surface area contributed by atoms with E-state index in [2.05, 4.69) is 15.6 Å². The van der Waals surface area contributed by atoms with Crippen molar-refractivity contribution in [1.82, 2.24) is 14.9 Å². The smallest absolute Gasteiger partial charge is 0.214 e. The van der Waals surface area contributed by atoms with Crippen LogP contribution >= 0.6 is 35.4 Å². The number of benzene rings is 3. The van der Waals surface area contributed by atoms with Crippen molar-refractivity contribution in [2.24, 2.45) is 0 Å². The Balaban J connectivity index is 1.53. The minimum absolute atomic E-state index is 0.225. The van der Waals surface area contributed by atoms with Gasteiger partial charge in [-0.15, -0.1) is 0 Å². The van der Waals surface area contributed by atoms with Crippen LogP contribution in [0, 0.1) is 4.77 Å². The predicted molar refractivity (Wildman–Crippen MR) is 141 cm³/mol. The van der Waals surface area contributed by atoms with Crippen LogP contribution < -0.4 is 19.6 Å². The van der Waals surface area contributed by atoms with Gasteiger partial charge in [-0.3, -0.25) is 0 Å². The van der Waals surface area contributed by atoms with E-state index in [4.69, 9.17) is 49.6 Å². The van der Waals surface area contributed by atoms with Crippen molar-refractivity contribution in [2.45, 2.75) is 20.1 Å². The zero-order chi connectivity index (χ0) is 24.8. The van der Waals surface area contributed by atoms with E-state index in [-0.39, 0.29) is 6.61 Å². The first kappa shape index (κ1) is 24.9. The number of H-pyrrole nitrogens is 1. The summed E-state index contributed by atoms with van der Waals surface area (Å²) in [6.07, 6.45) is 0. The number of aromatic nitrogens is 3. The summed E-state index contributed by atoms with van der Waals surface area (Å²) in [5.41, 5.74) is 5.82. The van der Waals surface area contributed by atoms with Crippen LogP contribution in [0.25, 0.3) is 11.4 Å². The third-order valence-electron chi connectivity index (χ3n) is 5.20. The van der Waals surface area contributed by atoms with Crippen molar-refractivity contribution in [2.75, 3.05) is 19.1 Å². The maximum atomic E-state index is 6.27. The molecule has 4 aromatic rings. The van der Waals surface area contributed by atoms with Crippen molar-refractivity contribution in [3.8, 4) is 28.6 Å². The average molecular weight is 531 g/mol. The zero-order valence-electron chi connectivity index (χ0n) is 19.2. The van der Waals surface area contributed by atoms with Crippen LogP contribution in [0.5, 0.6) is 17.2 Å². The average Bonchev–Trinajstić information content (AvgIpc) is 3.23. The molecule has 10 heteroatoms. The van der Waals surface area contributed by atoms with E-state index in [0.29, 0.717) is 51.0 Å². The maximum absolute atomic E-state index is 6.27. The van der Waals surface area contributed by atoms with Gasteiger partial charge in [0.05, 0.1) is 25.8 Å². The van der Waals surface area contributed by atoms with Gasteiger partial charge in [0.1, 0.15) is 12.4 Å². The lowest BCUT2D eigenvalue weighted by molar-refractivity contribution is 0.269. The van der Waals surface area contributed by atoms with Gasteiger partial charge in [-0.1, -0.05) is 47.5 Å². The summed E-state index contributed by atoms with van der Waals surface area (Å²) in [5.74, 6) is 2.54. The number of hydrogen-bond donors (Lipinski definition) is 2. The molecule has 4 rings (SSSR count). The highest BCUT2D eigenvalue weighted by molar-refractivity contribution is 7.71. The van der Waals surface area contributed by atoms with Gasteiger partial charge in [0.25, 0.3) is 0 Å². The van der Waals surface area contributed by atoms with Crippen LogP contribution in [0.3, 0.4) is 0 Å². The largest absolute Gasteiger partial charge is 0.496 e. The van der Waals surface area contributed by atoms with Crippen LogP contribution in [0.2, 0.25) is 10.0 Å². The standard InChI is InChI=1S/C25H24Cl2N4O3S/c1-3-33-23-13-16(11-12-22(23)34-15-18-19(26)8-6-9-20(18)27)14-28-31-24(29-30-25(31)35)17-7-4-5-10-21(17)32-2/h4-13,28H,3,14-15H2,1-2H3,(H,30,35). The van der Waals surface area contributed by atoms with Crippen LogP contribution in [0.4, 0.5) is 0 Å². The summed E-state index contributed by atoms with van der Waals surface area (Å²) in [6, 6.07) is 18.7. The van der Waals surface area contributed by atoms with Gasteiger partial charge in [-0.25, -0.2) is 9.77 Å². The lowest BCUT2D eigenvalue weighted by Crippen LogP contribution is -2.16. The Kier molecular flexibility index (Phi) is 8.17. The number of hydrogen-bond acceptors (Lipinski definition) is 6. The summed E-state index contributed by atoms with van der Waals surface area (Å²) in [4.78, 5) is 0. The SMILES string of the molecule is CCOc1cc(CNn2c(-c3ccccc3OC)n[nH]c2=S)ccc1OCc1c(Cl)cccc1Cl. The molecule has 0 saturated carbocycles. The molecule has 0 fully saturated rings. The van der Waals surface area contributed by atoms with Crippen molar-refractivity contribution in [3.05, 3.63) is 86.6 Å². The second-order valence-corrected chi connectivity index (χ2v) is 8.63. The molecule has 0 amide bonds. The first-order chi connectivity index (χ1) is 17.0. The Labute approximate surface area is 218 Å². The number of aromatic amines is 1. The number of para-hydroxylation sites is 1. The summed E-state index contributed by atoms with van der Waals surface area (Å²) < 4.78 is 19.5. The molecule has 0 atom stereocenters. The van der Waals surface area contributed by atoms with Gasteiger partial charge in [0.15, 0.2) is 17.3 Å². The normalized spacial score (nSPS) is 10.7. The monoisotopic (exact) mass is 530 g/mol. The van der Waals surface area contributed by atoms with Crippen molar-refractivity contribution >= 4 is 35.4 Å². The second kappa shape index (κ2) is 11.5. The fourth-order valence-corrected chi connectivity index (χ4v) is 4.20. The van der Waals surface area contributed by atoms with Crippen LogP contribution in [-0.4, -0.2) is 28.6 Å².